The van der Waals surface area contributed by atoms with Gasteiger partial charge in [-0.2, -0.15) is 0 Å². The lowest BCUT2D eigenvalue weighted by atomic mass is 9.99. The molecule has 114 heavy (non-hydrogen) atoms. The summed E-state index contributed by atoms with van der Waals surface area (Å²) in [6.07, 6.45) is -16.4. The highest BCUT2D eigenvalue weighted by Crippen LogP contribution is 2.13. The Hall–Kier alpha value is -11.3. The van der Waals surface area contributed by atoms with E-state index in [1.807, 2.05) is 42.5 Å². The third kappa shape index (κ3) is 30.7. The monoisotopic (exact) mass is 1640 g/mol. The number of aliphatic hydroxyl groups excluding tert-OH is 10. The number of aliphatic carboxylic acids is 2. The van der Waals surface area contributed by atoms with E-state index >= 15 is 0 Å². The fourth-order valence-electron chi connectivity index (χ4n) is 9.90. The van der Waals surface area contributed by atoms with Gasteiger partial charge in [-0.05, 0) is 59.3 Å². The van der Waals surface area contributed by atoms with E-state index in [1.165, 1.54) is 47.6 Å². The molecule has 0 aliphatic carbocycles. The molecule has 0 aromatic rings. The number of allylic oxidation sites excluding steroid dienone is 1. The Morgan fingerprint density at radius 2 is 0.605 bits per heavy atom. The second-order valence-corrected chi connectivity index (χ2v) is 27.3. The quantitative estimate of drug-likeness (QED) is 0.0334. The number of hydrogen-bond acceptors (Lipinski definition) is 30. The van der Waals surface area contributed by atoms with Crippen LogP contribution < -0.4 is 96.5 Å². The van der Waals surface area contributed by atoms with E-state index < -0.39 is 290 Å². The van der Waals surface area contributed by atoms with Gasteiger partial charge in [0.25, 0.3) is 11.8 Å². The molecule has 0 spiro atoms. The van der Waals surface area contributed by atoms with Crippen molar-refractivity contribution in [2.45, 2.75) is 223 Å². The van der Waals surface area contributed by atoms with E-state index in [0.717, 1.165) is 27.7 Å². The van der Waals surface area contributed by atoms with Gasteiger partial charge in [0.1, 0.15) is 84.7 Å². The standard InChI is InChI=1S/C32H53N9O16.C32H51N9O16/c1-10(2)7-16(45)34-8-14-25(49)36-15(9-42)26(50)37-17(11(3)4)27(51)40-20(22(46)23(47)24(33)48)30(54)39-18(12(5)43)28(52)38-19(13(6)44)29(53)41-21(32(56)57)31(55)35-14;1-7-11(4)24(48)34-8-14-25(49)36-15(9-42)26(50)37-16(10(2)3)27(51)40-19(21(45)22(46)23(33)47)30(54)39-17(12(5)43)28(52)38-18(13(6)44)29(53)41-20(32(56)57)31(55)35-14/h10-15,17-23,42-44,46-47H,7-9H2,1-6H3,(H2,33,48)(H,34,45)(H,35,55)(H,36,49)(H,37,50)(H,38,52)(H,39,54)(H,40,51)(H,41,53)(H,56,57);7,10,12-22,42-46H,8-9H2,1-6H3,(H2,33,47)(H,34,48)(H,35,55)(H,36,49)(H,37,50)(H,38,52)(H,39,54)(H,40,51)(H,41,53)(H,56,57)/b;11-7-/t12-,13?,14+,15+,17+,18+,19+,20+,21?,22?,23?;12-,13?,14+,15+,16+,17+,18+,19+,20?,21?,22?/m11/s1. The van der Waals surface area contributed by atoms with Crippen molar-refractivity contribution in [2.75, 3.05) is 26.3 Å². The fraction of sp³-hybridized carbons (Fsp3) is 0.656. The number of hydrogen-bond donors (Lipinski definition) is 30. The normalized spacial score (nSPS) is 27.2. The van der Waals surface area contributed by atoms with Crippen molar-refractivity contribution in [1.82, 2.24) is 85.1 Å². The smallest absolute Gasteiger partial charge is 0.336 e. The maximum Gasteiger partial charge on any atom is 0.336 e. The van der Waals surface area contributed by atoms with Crippen molar-refractivity contribution >= 4 is 118 Å². The second kappa shape index (κ2) is 46.7. The Balaban J connectivity index is 0.00000114. The lowest BCUT2D eigenvalue weighted by molar-refractivity contribution is -0.149. The minimum absolute atomic E-state index is 0.0563. The van der Waals surface area contributed by atoms with Crippen LogP contribution in [0, 0.1) is 17.8 Å². The van der Waals surface area contributed by atoms with Crippen LogP contribution in [-0.2, 0) is 95.9 Å². The zero-order chi connectivity index (χ0) is 88.1. The van der Waals surface area contributed by atoms with E-state index in [-0.39, 0.29) is 17.9 Å². The second-order valence-electron chi connectivity index (χ2n) is 27.3. The molecule has 2 aliphatic heterocycles. The minimum atomic E-state index is -2.57. The molecule has 0 bridgehead atoms. The molecule has 32 N–H and O–H groups in total. The zero-order valence-corrected chi connectivity index (χ0v) is 63.7. The molecule has 642 valence electrons. The molecule has 0 saturated carbocycles. The van der Waals surface area contributed by atoms with Crippen LogP contribution in [0.25, 0.3) is 0 Å². The number of nitrogens with one attached hydrogen (secondary N) is 16. The van der Waals surface area contributed by atoms with Gasteiger partial charge in [-0.15, -0.1) is 0 Å². The van der Waals surface area contributed by atoms with Gasteiger partial charge in [-0.1, -0.05) is 47.6 Å². The van der Waals surface area contributed by atoms with Crippen molar-refractivity contribution < 1.29 is 157 Å². The maximum atomic E-state index is 13.6. The summed E-state index contributed by atoms with van der Waals surface area (Å²) in [4.78, 5) is 260. The number of carboxylic acid groups (broad SMARTS) is 2. The van der Waals surface area contributed by atoms with Gasteiger partial charge in [0.2, 0.25) is 107 Å². The molecule has 8 unspecified atom stereocenters. The molecule has 2 aliphatic rings. The van der Waals surface area contributed by atoms with E-state index in [9.17, 15) is 157 Å². The molecular weight excluding hydrogens is 1530 g/mol. The number of aliphatic hydroxyl groups is 10. The number of rotatable bonds is 23. The first-order valence-corrected chi connectivity index (χ1v) is 34.9. The number of carboxylic acids is 2. The first-order chi connectivity index (χ1) is 52.7. The van der Waals surface area contributed by atoms with Crippen molar-refractivity contribution in [3.05, 3.63) is 11.6 Å². The van der Waals surface area contributed by atoms with Gasteiger partial charge in [0.15, 0.2) is 12.2 Å². The topological polar surface area (TPSA) is 829 Å². The van der Waals surface area contributed by atoms with Gasteiger partial charge in [0.05, 0.1) is 37.6 Å². The Morgan fingerprint density at radius 3 is 0.860 bits per heavy atom. The van der Waals surface area contributed by atoms with Gasteiger partial charge >= 0.3 is 11.9 Å². The fourth-order valence-corrected chi connectivity index (χ4v) is 9.90. The van der Waals surface area contributed by atoms with Gasteiger partial charge in [-0.3, -0.25) is 86.3 Å². The molecule has 18 amide bonds. The van der Waals surface area contributed by atoms with Crippen LogP contribution in [0.1, 0.15) is 89.5 Å². The number of amides is 18. The molecule has 0 aromatic carbocycles. The molecule has 50 heteroatoms. The predicted molar refractivity (Wildman–Crippen MR) is 380 cm³/mol. The van der Waals surface area contributed by atoms with E-state index in [1.54, 1.807) is 24.5 Å². The van der Waals surface area contributed by atoms with E-state index in [2.05, 4.69) is 31.9 Å². The summed E-state index contributed by atoms with van der Waals surface area (Å²) in [5.41, 5.74) is 10.3. The maximum absolute atomic E-state index is 13.6. The van der Waals surface area contributed by atoms with Crippen molar-refractivity contribution in [1.29, 1.82) is 0 Å². The SMILES string of the molecule is C/C=C(/C)C(=O)NC[C@@H]1NC(=O)C(C(=O)O)NC(=O)[C@H](C(C)O)NC(=O)[C@H]([C@@H](C)O)NC(=O)[C@H](C(O)C(O)C(N)=O)NC(=O)[C@H](C(C)C)NC(=O)[C@H](CO)NC1=O.CC(C)CC(=O)NC[C@@H]1NC(=O)C(C(=O)O)NC(=O)[C@H](C(C)O)NC(=O)[C@H]([C@@H](C)O)NC(=O)[C@H](C(O)C(O)C(N)=O)NC(=O)[C@H](C(C)C)NC(=O)[C@H](CO)NC1=O. The van der Waals surface area contributed by atoms with Gasteiger partial charge in [-0.25, -0.2) is 9.59 Å². The summed E-state index contributed by atoms with van der Waals surface area (Å²) in [7, 11) is 0. The highest BCUT2D eigenvalue weighted by Gasteiger charge is 2.46. The molecule has 50 nitrogen and oxygen atoms in total. The molecule has 2 fully saturated rings. The highest BCUT2D eigenvalue weighted by molar-refractivity contribution is 6.09. The largest absolute Gasteiger partial charge is 0.479 e. The molecule has 2 saturated heterocycles. The van der Waals surface area contributed by atoms with Crippen molar-refractivity contribution in [2.24, 2.45) is 29.2 Å². The molecule has 2 rings (SSSR count). The van der Waals surface area contributed by atoms with Crippen LogP contribution >= 0.6 is 0 Å². The van der Waals surface area contributed by atoms with E-state index in [0.29, 0.717) is 0 Å². The van der Waals surface area contributed by atoms with Crippen LogP contribution in [0.3, 0.4) is 0 Å². The Morgan fingerprint density at radius 1 is 0.360 bits per heavy atom. The summed E-state index contributed by atoms with van der Waals surface area (Å²) in [5, 5.41) is 156. The molecule has 2 heterocycles. The molecule has 0 aromatic heterocycles. The first-order valence-electron chi connectivity index (χ1n) is 34.9. The number of carbonyl (C=O) groups excluding carboxylic acids is 18. The molecular formula is C64H104N18O32. The molecule has 0 radical (unpaired) electrons. The van der Waals surface area contributed by atoms with Crippen molar-refractivity contribution in [3.8, 4) is 0 Å². The zero-order valence-electron chi connectivity index (χ0n) is 63.7. The average molecular weight is 1640 g/mol. The van der Waals surface area contributed by atoms with Gasteiger partial charge < -0.3 is 158 Å². The third-order valence-electron chi connectivity index (χ3n) is 16.7. The summed E-state index contributed by atoms with van der Waals surface area (Å²) >= 11 is 0. The van der Waals surface area contributed by atoms with Crippen LogP contribution in [0.5, 0.6) is 0 Å². The average Bonchev–Trinajstić information content (AvgIpc) is 1.05. The van der Waals surface area contributed by atoms with Crippen LogP contribution in [0.4, 0.5) is 0 Å². The Bertz CT molecular complexity index is 3560. The summed E-state index contributed by atoms with van der Waals surface area (Å²) in [6.45, 7) is 11.8. The molecule has 22 atom stereocenters. The van der Waals surface area contributed by atoms with Crippen LogP contribution in [0.15, 0.2) is 11.6 Å². The van der Waals surface area contributed by atoms with Gasteiger partial charge in [0, 0.05) is 25.1 Å². The van der Waals surface area contributed by atoms with Crippen LogP contribution in [-0.4, -0.2) is 339 Å². The van der Waals surface area contributed by atoms with E-state index in [4.69, 9.17) is 11.5 Å². The Labute approximate surface area is 648 Å². The number of nitrogens with two attached hydrogens (primary N) is 2. The number of primary amides is 2. The minimum Gasteiger partial charge on any atom is -0.479 e. The summed E-state index contributed by atoms with van der Waals surface area (Å²) in [6, 6.07) is -29.5. The van der Waals surface area contributed by atoms with Crippen LogP contribution in [0.2, 0.25) is 0 Å². The predicted octanol–water partition coefficient (Wildman–Crippen LogP) is -17.6. The lowest BCUT2D eigenvalue weighted by Gasteiger charge is -2.31. The Kier molecular flexibility index (Phi) is 41.2. The first kappa shape index (κ1) is 101. The highest BCUT2D eigenvalue weighted by atomic mass is 16.4. The summed E-state index contributed by atoms with van der Waals surface area (Å²) in [5.74, 6) is -30.6. The summed E-state index contributed by atoms with van der Waals surface area (Å²) < 4.78 is 0. The lowest BCUT2D eigenvalue weighted by Crippen LogP contribution is -2.66. The number of carbonyl (C=O) groups is 20. The van der Waals surface area contributed by atoms with Crippen molar-refractivity contribution in [3.63, 3.8) is 0 Å². The third-order valence-corrected chi connectivity index (χ3v) is 16.7.